The standard InChI is InChI=1S/C15H8N2S2/c16-8-12(9-17)10-3-4-11-7-15(19-14(11)6-10)13-2-1-5-18-13/h1-7,12H. The summed E-state index contributed by atoms with van der Waals surface area (Å²) in [6.07, 6.45) is 0. The number of hydrogen-bond donors (Lipinski definition) is 0. The maximum atomic E-state index is 8.94. The van der Waals surface area contributed by atoms with E-state index in [1.165, 1.54) is 9.75 Å². The first-order chi connectivity index (χ1) is 9.31. The lowest BCUT2D eigenvalue weighted by Crippen LogP contribution is -1.90. The van der Waals surface area contributed by atoms with Gasteiger partial charge >= 0.3 is 0 Å². The second-order valence-corrected chi connectivity index (χ2v) is 6.11. The molecule has 19 heavy (non-hydrogen) atoms. The summed E-state index contributed by atoms with van der Waals surface area (Å²) in [5, 5.41) is 21.1. The van der Waals surface area contributed by atoms with Crippen LogP contribution in [0.5, 0.6) is 0 Å². The third kappa shape index (κ3) is 2.13. The highest BCUT2D eigenvalue weighted by molar-refractivity contribution is 7.25. The van der Waals surface area contributed by atoms with Crippen molar-refractivity contribution in [3.8, 4) is 21.9 Å². The monoisotopic (exact) mass is 280 g/mol. The molecule has 3 rings (SSSR count). The zero-order chi connectivity index (χ0) is 13.2. The predicted octanol–water partition coefficient (Wildman–Crippen LogP) is 4.76. The lowest BCUT2D eigenvalue weighted by atomic mass is 10.0. The summed E-state index contributed by atoms with van der Waals surface area (Å²) in [5.74, 6) is -0.684. The molecule has 2 heterocycles. The molecular weight excluding hydrogens is 272 g/mol. The fourth-order valence-corrected chi connectivity index (χ4v) is 3.88. The molecule has 0 bridgehead atoms. The summed E-state index contributed by atoms with van der Waals surface area (Å²) in [6.45, 7) is 0. The number of nitrogens with zero attached hydrogens (tertiary/aromatic N) is 2. The SMILES string of the molecule is N#CC(C#N)c1ccc2cc(-c3cccs3)sc2c1. The first-order valence-corrected chi connectivity index (χ1v) is 7.38. The van der Waals surface area contributed by atoms with E-state index in [0.717, 1.165) is 15.6 Å². The molecule has 0 unspecified atom stereocenters. The minimum absolute atomic E-state index is 0.684. The van der Waals surface area contributed by atoms with Crippen molar-refractivity contribution in [3.05, 3.63) is 47.3 Å². The summed E-state index contributed by atoms with van der Waals surface area (Å²) in [4.78, 5) is 2.48. The Kier molecular flexibility index (Phi) is 3.05. The van der Waals surface area contributed by atoms with Gasteiger partial charge in [0.15, 0.2) is 5.92 Å². The molecule has 0 saturated carbocycles. The molecule has 0 atom stereocenters. The van der Waals surface area contributed by atoms with Crippen LogP contribution >= 0.6 is 22.7 Å². The number of benzene rings is 1. The van der Waals surface area contributed by atoms with Gasteiger partial charge in [-0.25, -0.2) is 0 Å². The number of rotatable bonds is 2. The Morgan fingerprint density at radius 2 is 1.84 bits per heavy atom. The van der Waals surface area contributed by atoms with Crippen molar-refractivity contribution in [2.24, 2.45) is 0 Å². The van der Waals surface area contributed by atoms with E-state index >= 15 is 0 Å². The van der Waals surface area contributed by atoms with Crippen LogP contribution < -0.4 is 0 Å². The van der Waals surface area contributed by atoms with E-state index in [4.69, 9.17) is 10.5 Å². The fourth-order valence-electron chi connectivity index (χ4n) is 1.95. The van der Waals surface area contributed by atoms with Gasteiger partial charge in [-0.2, -0.15) is 10.5 Å². The average Bonchev–Trinajstić information content (AvgIpc) is 3.08. The van der Waals surface area contributed by atoms with E-state index in [2.05, 4.69) is 17.5 Å². The number of nitriles is 2. The minimum atomic E-state index is -0.684. The quantitative estimate of drug-likeness (QED) is 0.679. The molecule has 0 radical (unpaired) electrons. The van der Waals surface area contributed by atoms with Crippen LogP contribution in [0.15, 0.2) is 41.8 Å². The van der Waals surface area contributed by atoms with Crippen LogP contribution in [0.4, 0.5) is 0 Å². The molecule has 1 aromatic carbocycles. The number of fused-ring (bicyclic) bond motifs is 1. The van der Waals surface area contributed by atoms with Crippen LogP contribution in [0.3, 0.4) is 0 Å². The van der Waals surface area contributed by atoms with Crippen LogP contribution in [0.2, 0.25) is 0 Å². The van der Waals surface area contributed by atoms with Gasteiger partial charge in [-0.05, 0) is 34.5 Å². The average molecular weight is 280 g/mol. The zero-order valence-electron chi connectivity index (χ0n) is 9.83. The lowest BCUT2D eigenvalue weighted by molar-refractivity contribution is 1.11. The van der Waals surface area contributed by atoms with Gasteiger partial charge in [-0.15, -0.1) is 22.7 Å². The summed E-state index contributed by atoms with van der Waals surface area (Å²) in [5.41, 5.74) is 0.775. The molecule has 3 aromatic rings. The van der Waals surface area contributed by atoms with Gasteiger partial charge in [-0.3, -0.25) is 0 Å². The molecule has 0 fully saturated rings. The van der Waals surface area contributed by atoms with Crippen molar-refractivity contribution in [2.45, 2.75) is 5.92 Å². The van der Waals surface area contributed by atoms with Crippen molar-refractivity contribution < 1.29 is 0 Å². The third-order valence-corrected chi connectivity index (χ3v) is 5.06. The molecule has 0 spiro atoms. The van der Waals surface area contributed by atoms with Crippen LogP contribution in [-0.2, 0) is 0 Å². The summed E-state index contributed by atoms with van der Waals surface area (Å²) < 4.78 is 1.12. The molecule has 0 saturated heterocycles. The van der Waals surface area contributed by atoms with E-state index in [-0.39, 0.29) is 0 Å². The molecule has 0 aliphatic heterocycles. The zero-order valence-corrected chi connectivity index (χ0v) is 11.5. The Labute approximate surface area is 118 Å². The molecular formula is C15H8N2S2. The van der Waals surface area contributed by atoms with Gasteiger partial charge in [0, 0.05) is 14.5 Å². The molecule has 0 aliphatic rings. The highest BCUT2D eigenvalue weighted by Crippen LogP contribution is 2.36. The second kappa shape index (κ2) is 4.85. The Morgan fingerprint density at radius 1 is 1.00 bits per heavy atom. The normalized spacial score (nSPS) is 10.5. The molecule has 4 heteroatoms. The van der Waals surface area contributed by atoms with Crippen LogP contribution in [0.25, 0.3) is 19.8 Å². The highest BCUT2D eigenvalue weighted by atomic mass is 32.1. The molecule has 90 valence electrons. The third-order valence-electron chi connectivity index (χ3n) is 2.90. The second-order valence-electron chi connectivity index (χ2n) is 4.08. The van der Waals surface area contributed by atoms with Crippen molar-refractivity contribution >= 4 is 32.8 Å². The smallest absolute Gasteiger partial charge is 0.158 e. The molecule has 0 aliphatic carbocycles. The predicted molar refractivity (Wildman–Crippen MR) is 79.1 cm³/mol. The number of thiophene rings is 2. The molecule has 0 amide bonds. The lowest BCUT2D eigenvalue weighted by Gasteiger charge is -1.99. The van der Waals surface area contributed by atoms with Crippen LogP contribution in [0, 0.1) is 22.7 Å². The van der Waals surface area contributed by atoms with E-state index < -0.39 is 5.92 Å². The maximum Gasteiger partial charge on any atom is 0.158 e. The topological polar surface area (TPSA) is 47.6 Å². The van der Waals surface area contributed by atoms with Gasteiger partial charge in [0.2, 0.25) is 0 Å². The highest BCUT2D eigenvalue weighted by Gasteiger charge is 2.11. The van der Waals surface area contributed by atoms with Crippen molar-refractivity contribution in [3.63, 3.8) is 0 Å². The Balaban J connectivity index is 2.10. The van der Waals surface area contributed by atoms with E-state index in [1.807, 2.05) is 36.4 Å². The fraction of sp³-hybridized carbons (Fsp3) is 0.0667. The summed E-state index contributed by atoms with van der Waals surface area (Å²) in [6, 6.07) is 16.1. The van der Waals surface area contributed by atoms with Gasteiger partial charge in [-0.1, -0.05) is 18.2 Å². The largest absolute Gasteiger partial charge is 0.196 e. The Hall–Kier alpha value is -2.14. The number of hydrogen-bond acceptors (Lipinski definition) is 4. The van der Waals surface area contributed by atoms with E-state index in [1.54, 1.807) is 22.7 Å². The van der Waals surface area contributed by atoms with Crippen LogP contribution in [0.1, 0.15) is 11.5 Å². The van der Waals surface area contributed by atoms with Gasteiger partial charge in [0.05, 0.1) is 12.1 Å². The van der Waals surface area contributed by atoms with E-state index in [9.17, 15) is 0 Å². The first kappa shape index (κ1) is 11.9. The summed E-state index contributed by atoms with van der Waals surface area (Å²) >= 11 is 3.42. The van der Waals surface area contributed by atoms with Gasteiger partial charge < -0.3 is 0 Å². The molecule has 0 N–H and O–H groups in total. The molecule has 2 nitrogen and oxygen atoms in total. The van der Waals surface area contributed by atoms with Crippen LogP contribution in [-0.4, -0.2) is 0 Å². The Morgan fingerprint density at radius 3 is 2.53 bits per heavy atom. The Bertz CT molecular complexity index is 787. The van der Waals surface area contributed by atoms with Crippen molar-refractivity contribution in [1.82, 2.24) is 0 Å². The van der Waals surface area contributed by atoms with Crippen molar-refractivity contribution in [1.29, 1.82) is 10.5 Å². The van der Waals surface area contributed by atoms with Gasteiger partial charge in [0.1, 0.15) is 0 Å². The maximum absolute atomic E-state index is 8.94. The molecule has 2 aromatic heterocycles. The van der Waals surface area contributed by atoms with E-state index in [0.29, 0.717) is 0 Å². The summed E-state index contributed by atoms with van der Waals surface area (Å²) in [7, 11) is 0. The van der Waals surface area contributed by atoms with Gasteiger partial charge in [0.25, 0.3) is 0 Å². The van der Waals surface area contributed by atoms with Crippen molar-refractivity contribution in [2.75, 3.05) is 0 Å². The first-order valence-electron chi connectivity index (χ1n) is 5.68. The minimum Gasteiger partial charge on any atom is -0.196 e.